The second-order valence-electron chi connectivity index (χ2n) is 11.6. The molecule has 2 aromatic heterocycles. The Kier molecular flexibility index (Phi) is 6.14. The summed E-state index contributed by atoms with van der Waals surface area (Å²) < 4.78 is 6.37. The van der Waals surface area contributed by atoms with Crippen LogP contribution in [0.3, 0.4) is 0 Å². The second-order valence-corrected chi connectivity index (χ2v) is 11.6. The Morgan fingerprint density at radius 2 is 1.04 bits per heavy atom. The molecule has 9 rings (SSSR count). The fourth-order valence-electron chi connectivity index (χ4n) is 6.68. The maximum absolute atomic E-state index is 6.37. The van der Waals surface area contributed by atoms with E-state index in [1.807, 2.05) is 6.07 Å². The number of pyridine rings is 1. The predicted octanol–water partition coefficient (Wildman–Crippen LogP) is 12.1. The van der Waals surface area contributed by atoms with Gasteiger partial charge in [-0.25, -0.2) is 4.98 Å². The van der Waals surface area contributed by atoms with Crippen molar-refractivity contribution >= 4 is 60.7 Å². The Balaban J connectivity index is 1.23. The molecule has 0 radical (unpaired) electrons. The third-order valence-corrected chi connectivity index (χ3v) is 8.90. The lowest BCUT2D eigenvalue weighted by Crippen LogP contribution is -2.10. The van der Waals surface area contributed by atoms with Crippen LogP contribution in [0.2, 0.25) is 0 Å². The van der Waals surface area contributed by atoms with Crippen LogP contribution in [0.1, 0.15) is 0 Å². The van der Waals surface area contributed by atoms with Crippen LogP contribution < -0.4 is 4.90 Å². The maximum atomic E-state index is 6.37. The number of hydrogen-bond acceptors (Lipinski definition) is 3. The van der Waals surface area contributed by atoms with Crippen LogP contribution in [0.5, 0.6) is 0 Å². The summed E-state index contributed by atoms with van der Waals surface area (Å²) in [5, 5.41) is 6.70. The molecule has 0 aliphatic rings. The number of aromatic nitrogens is 1. The van der Waals surface area contributed by atoms with Crippen molar-refractivity contribution < 1.29 is 4.42 Å². The lowest BCUT2D eigenvalue weighted by atomic mass is 9.98. The lowest BCUT2D eigenvalue weighted by Gasteiger charge is -2.27. The Bertz CT molecular complexity index is 2520. The molecule has 0 aliphatic heterocycles. The van der Waals surface area contributed by atoms with Gasteiger partial charge in [-0.2, -0.15) is 0 Å². The van der Waals surface area contributed by atoms with Crippen LogP contribution in [0.15, 0.2) is 174 Å². The van der Waals surface area contributed by atoms with Crippen molar-refractivity contribution in [3.8, 4) is 22.3 Å². The van der Waals surface area contributed by atoms with E-state index < -0.39 is 0 Å². The quantitative estimate of drug-likeness (QED) is 0.187. The van der Waals surface area contributed by atoms with Crippen molar-refractivity contribution in [3.63, 3.8) is 0 Å². The van der Waals surface area contributed by atoms with E-state index in [0.717, 1.165) is 55.0 Å². The molecule has 0 amide bonds. The summed E-state index contributed by atoms with van der Waals surface area (Å²) in [5.74, 6) is 0. The van der Waals surface area contributed by atoms with Crippen molar-refractivity contribution in [3.05, 3.63) is 170 Å². The zero-order valence-corrected chi connectivity index (χ0v) is 25.0. The van der Waals surface area contributed by atoms with Crippen LogP contribution >= 0.6 is 0 Å². The molecule has 0 aliphatic carbocycles. The number of hydrogen-bond donors (Lipinski definition) is 0. The highest BCUT2D eigenvalue weighted by Crippen LogP contribution is 2.41. The van der Waals surface area contributed by atoms with Crippen molar-refractivity contribution in [2.75, 3.05) is 4.90 Å². The molecule has 2 heterocycles. The van der Waals surface area contributed by atoms with E-state index in [1.165, 1.54) is 22.3 Å². The molecule has 3 heteroatoms. The van der Waals surface area contributed by atoms with E-state index in [-0.39, 0.29) is 0 Å². The molecule has 0 fully saturated rings. The number of rotatable bonds is 5. The minimum Gasteiger partial charge on any atom is -0.437 e. The highest BCUT2D eigenvalue weighted by atomic mass is 16.3. The molecular formula is C43H28N2O. The van der Waals surface area contributed by atoms with Crippen LogP contribution in [0.25, 0.3) is 65.9 Å². The normalized spacial score (nSPS) is 11.5. The third kappa shape index (κ3) is 4.41. The van der Waals surface area contributed by atoms with Crippen LogP contribution in [-0.2, 0) is 0 Å². The van der Waals surface area contributed by atoms with E-state index >= 15 is 0 Å². The van der Waals surface area contributed by atoms with Gasteiger partial charge in [-0.05, 0) is 93.0 Å². The van der Waals surface area contributed by atoms with Gasteiger partial charge in [0.05, 0.1) is 0 Å². The van der Waals surface area contributed by atoms with Gasteiger partial charge >= 0.3 is 0 Å². The zero-order valence-electron chi connectivity index (χ0n) is 25.0. The Morgan fingerprint density at radius 3 is 1.85 bits per heavy atom. The lowest BCUT2D eigenvalue weighted by molar-refractivity contribution is 0.658. The molecule has 0 N–H and O–H groups in total. The largest absolute Gasteiger partial charge is 0.437 e. The molecule has 7 aromatic carbocycles. The van der Waals surface area contributed by atoms with Gasteiger partial charge in [0, 0.05) is 39.4 Å². The van der Waals surface area contributed by atoms with Gasteiger partial charge in [0.2, 0.25) is 5.71 Å². The molecule has 0 saturated heterocycles. The number of fused-ring (bicyclic) bond motifs is 7. The molecule has 46 heavy (non-hydrogen) atoms. The first-order valence-electron chi connectivity index (χ1n) is 15.5. The number of nitrogens with zero attached hydrogens (tertiary/aromatic N) is 2. The van der Waals surface area contributed by atoms with E-state index in [1.54, 1.807) is 6.20 Å². The first-order valence-corrected chi connectivity index (χ1v) is 15.5. The molecule has 3 nitrogen and oxygen atoms in total. The predicted molar refractivity (Wildman–Crippen MR) is 192 cm³/mol. The molecule has 0 atom stereocenters. The summed E-state index contributed by atoms with van der Waals surface area (Å²) in [6.07, 6.45) is 1.78. The summed E-state index contributed by atoms with van der Waals surface area (Å²) >= 11 is 0. The van der Waals surface area contributed by atoms with Crippen molar-refractivity contribution in [2.45, 2.75) is 0 Å². The second kappa shape index (κ2) is 10.8. The van der Waals surface area contributed by atoms with E-state index in [2.05, 4.69) is 168 Å². The minimum atomic E-state index is 0.669. The average molecular weight is 589 g/mol. The summed E-state index contributed by atoms with van der Waals surface area (Å²) in [6, 6.07) is 58.2. The van der Waals surface area contributed by atoms with E-state index in [4.69, 9.17) is 4.42 Å². The molecule has 0 saturated carbocycles. The first kappa shape index (κ1) is 26.2. The van der Waals surface area contributed by atoms with Gasteiger partial charge in [-0.1, -0.05) is 109 Å². The zero-order chi connectivity index (χ0) is 30.5. The minimum absolute atomic E-state index is 0.669. The Labute approximate surface area is 266 Å². The summed E-state index contributed by atoms with van der Waals surface area (Å²) in [5.41, 5.74) is 9.59. The molecule has 0 bridgehead atoms. The van der Waals surface area contributed by atoms with Crippen LogP contribution in [-0.4, -0.2) is 4.98 Å². The molecular weight excluding hydrogens is 560 g/mol. The monoisotopic (exact) mass is 588 g/mol. The van der Waals surface area contributed by atoms with Crippen molar-refractivity contribution in [1.29, 1.82) is 0 Å². The molecule has 0 spiro atoms. The smallest absolute Gasteiger partial charge is 0.227 e. The van der Waals surface area contributed by atoms with Gasteiger partial charge in [-0.15, -0.1) is 0 Å². The first-order chi connectivity index (χ1) is 22.8. The van der Waals surface area contributed by atoms with Gasteiger partial charge in [0.1, 0.15) is 5.58 Å². The van der Waals surface area contributed by atoms with Gasteiger partial charge in [0.25, 0.3) is 0 Å². The Morgan fingerprint density at radius 1 is 0.413 bits per heavy atom. The standard InChI is InChI=1S/C43H28N2O/c1-3-9-29(10-4-1)31-18-21-35(22-19-31)45(36-14-7-13-33(27-36)30-11-5-2-6-12-30)37-23-25-38-34(28-37)17-16-32-20-24-39-40-15-8-26-44-43(40)46-42(39)41(32)38/h1-28H. The van der Waals surface area contributed by atoms with Gasteiger partial charge < -0.3 is 9.32 Å². The molecule has 216 valence electrons. The van der Waals surface area contributed by atoms with Crippen molar-refractivity contribution in [2.24, 2.45) is 0 Å². The topological polar surface area (TPSA) is 29.3 Å². The maximum Gasteiger partial charge on any atom is 0.227 e. The number of anilines is 3. The number of furan rings is 1. The fraction of sp³-hybridized carbons (Fsp3) is 0. The summed E-state index contributed by atoms with van der Waals surface area (Å²) in [4.78, 5) is 6.83. The highest BCUT2D eigenvalue weighted by Gasteiger charge is 2.17. The average Bonchev–Trinajstić information content (AvgIpc) is 3.52. The van der Waals surface area contributed by atoms with Crippen LogP contribution in [0, 0.1) is 0 Å². The highest BCUT2D eigenvalue weighted by molar-refractivity contribution is 6.23. The van der Waals surface area contributed by atoms with Gasteiger partial charge in [-0.3, -0.25) is 0 Å². The van der Waals surface area contributed by atoms with E-state index in [0.29, 0.717) is 5.71 Å². The SMILES string of the molecule is c1ccc(-c2ccc(N(c3cccc(-c4ccccc4)c3)c3ccc4c(ccc5ccc6c7cccnc7oc6c54)c3)cc2)cc1. The molecule has 0 unspecified atom stereocenters. The fourth-order valence-corrected chi connectivity index (χ4v) is 6.68. The van der Waals surface area contributed by atoms with Gasteiger partial charge in [0.15, 0.2) is 0 Å². The van der Waals surface area contributed by atoms with E-state index in [9.17, 15) is 0 Å². The Hall–Kier alpha value is -6.19. The van der Waals surface area contributed by atoms with Crippen LogP contribution in [0.4, 0.5) is 17.1 Å². The third-order valence-electron chi connectivity index (χ3n) is 8.90. The summed E-state index contributed by atoms with van der Waals surface area (Å²) in [6.45, 7) is 0. The van der Waals surface area contributed by atoms with Crippen molar-refractivity contribution in [1.82, 2.24) is 4.98 Å². The number of benzene rings is 7. The molecule has 9 aromatic rings. The summed E-state index contributed by atoms with van der Waals surface area (Å²) in [7, 11) is 0.